The van der Waals surface area contributed by atoms with Crippen LogP contribution >= 0.6 is 0 Å². The van der Waals surface area contributed by atoms with E-state index in [0.717, 1.165) is 12.1 Å². The van der Waals surface area contributed by atoms with E-state index < -0.39 is 38.5 Å². The average Bonchev–Trinajstić information content (AvgIpc) is 3.80. The summed E-state index contributed by atoms with van der Waals surface area (Å²) in [4.78, 5) is 36.5. The zero-order chi connectivity index (χ0) is 32.1. The molecule has 0 saturated heterocycles. The predicted octanol–water partition coefficient (Wildman–Crippen LogP) is 4.05. The van der Waals surface area contributed by atoms with Crippen molar-refractivity contribution >= 4 is 39.4 Å². The van der Waals surface area contributed by atoms with Crippen LogP contribution in [0.5, 0.6) is 5.75 Å². The van der Waals surface area contributed by atoms with Crippen LogP contribution in [-0.2, 0) is 21.1 Å². The molecule has 4 rings (SSSR count). The third-order valence-electron chi connectivity index (χ3n) is 7.47. The number of carboxylic acids is 1. The first-order chi connectivity index (χ1) is 20.9. The normalized spacial score (nSPS) is 14.3. The molecule has 2 aromatic carbocycles. The molecule has 1 atom stereocenters. The SMILES string of the molecule is CCN(CC)c1ncc(NCC2(S(=O)(=O)c3ccc(F)cc3)CC2)c(NC(Cc2ccc(OC(=O)N(C)C)cc2)C(=O)O)n1. The number of halogens is 1. The molecule has 1 aliphatic rings. The molecular weight excluding hydrogens is 591 g/mol. The maximum absolute atomic E-state index is 13.4. The van der Waals surface area contributed by atoms with Crippen LogP contribution in [0.15, 0.2) is 59.6 Å². The van der Waals surface area contributed by atoms with Gasteiger partial charge in [-0.15, -0.1) is 0 Å². The van der Waals surface area contributed by atoms with E-state index in [2.05, 4.69) is 20.6 Å². The van der Waals surface area contributed by atoms with Gasteiger partial charge in [0.2, 0.25) is 5.95 Å². The number of amides is 1. The van der Waals surface area contributed by atoms with Crippen molar-refractivity contribution in [3.8, 4) is 5.75 Å². The molecule has 0 bridgehead atoms. The van der Waals surface area contributed by atoms with Crippen LogP contribution in [0, 0.1) is 5.82 Å². The lowest BCUT2D eigenvalue weighted by Crippen LogP contribution is -2.34. The number of sulfone groups is 1. The van der Waals surface area contributed by atoms with E-state index in [0.29, 0.717) is 48.9 Å². The number of rotatable bonds is 14. The van der Waals surface area contributed by atoms with Gasteiger partial charge in [-0.25, -0.2) is 27.4 Å². The Labute approximate surface area is 256 Å². The maximum atomic E-state index is 13.4. The number of nitrogens with one attached hydrogen (secondary N) is 2. The highest BCUT2D eigenvalue weighted by atomic mass is 32.2. The van der Waals surface area contributed by atoms with E-state index >= 15 is 0 Å². The second-order valence-electron chi connectivity index (χ2n) is 10.7. The Morgan fingerprint density at radius 2 is 1.70 bits per heavy atom. The fourth-order valence-electron chi connectivity index (χ4n) is 4.56. The Kier molecular flexibility index (Phi) is 9.92. The molecule has 44 heavy (non-hydrogen) atoms. The first kappa shape index (κ1) is 32.5. The van der Waals surface area contributed by atoms with Gasteiger partial charge in [0, 0.05) is 40.2 Å². The molecule has 1 fully saturated rings. The molecule has 14 heteroatoms. The van der Waals surface area contributed by atoms with Crippen molar-refractivity contribution < 1.29 is 32.2 Å². The van der Waals surface area contributed by atoms with Crippen molar-refractivity contribution in [1.82, 2.24) is 14.9 Å². The molecule has 12 nitrogen and oxygen atoms in total. The van der Waals surface area contributed by atoms with Crippen molar-refractivity contribution in [3.63, 3.8) is 0 Å². The van der Waals surface area contributed by atoms with E-state index in [1.165, 1.54) is 23.2 Å². The van der Waals surface area contributed by atoms with Gasteiger partial charge in [0.15, 0.2) is 15.7 Å². The first-order valence-electron chi connectivity index (χ1n) is 14.2. The lowest BCUT2D eigenvalue weighted by atomic mass is 10.1. The summed E-state index contributed by atoms with van der Waals surface area (Å²) in [6.45, 7) is 5.16. The van der Waals surface area contributed by atoms with E-state index in [9.17, 15) is 27.5 Å². The van der Waals surface area contributed by atoms with E-state index in [1.807, 2.05) is 18.7 Å². The molecule has 3 aromatic rings. The van der Waals surface area contributed by atoms with Crippen LogP contribution in [0.25, 0.3) is 0 Å². The quantitative estimate of drug-likeness (QED) is 0.222. The largest absolute Gasteiger partial charge is 0.480 e. The second kappa shape index (κ2) is 13.5. The van der Waals surface area contributed by atoms with Crippen LogP contribution in [0.4, 0.5) is 26.6 Å². The summed E-state index contributed by atoms with van der Waals surface area (Å²) in [6.07, 6.45) is 1.88. The number of hydrogen-bond acceptors (Lipinski definition) is 10. The van der Waals surface area contributed by atoms with Crippen LogP contribution in [-0.4, -0.2) is 85.0 Å². The van der Waals surface area contributed by atoms with Crippen molar-refractivity contribution in [1.29, 1.82) is 0 Å². The highest BCUT2D eigenvalue weighted by Gasteiger charge is 2.54. The lowest BCUT2D eigenvalue weighted by molar-refractivity contribution is -0.137. The van der Waals surface area contributed by atoms with Crippen LogP contribution in [0.2, 0.25) is 0 Å². The minimum Gasteiger partial charge on any atom is -0.480 e. The molecule has 0 radical (unpaired) electrons. The molecular formula is C30H37FN6O6S. The average molecular weight is 629 g/mol. The van der Waals surface area contributed by atoms with Gasteiger partial charge in [-0.2, -0.15) is 4.98 Å². The molecule has 236 valence electrons. The van der Waals surface area contributed by atoms with E-state index in [-0.39, 0.29) is 23.7 Å². The van der Waals surface area contributed by atoms with Gasteiger partial charge in [0.1, 0.15) is 17.6 Å². The van der Waals surface area contributed by atoms with Gasteiger partial charge in [0.25, 0.3) is 0 Å². The number of carboxylic acid groups (broad SMARTS) is 1. The third kappa shape index (κ3) is 7.36. The fraction of sp³-hybridized carbons (Fsp3) is 0.400. The molecule has 1 heterocycles. The standard InChI is InChI=1S/C30H37FN6O6S/c1-5-37(6-2)28-32-18-25(33-19-30(15-16-30)44(41,42)23-13-9-21(31)10-14-23)26(35-28)34-24(27(38)39)17-20-7-11-22(12-8-20)43-29(40)36(3)4/h7-14,18,24,33H,5-6,15-17,19H2,1-4H3,(H,38,39)(H,32,34,35). The molecule has 0 aliphatic heterocycles. The summed E-state index contributed by atoms with van der Waals surface area (Å²) in [5, 5.41) is 16.3. The monoisotopic (exact) mass is 628 g/mol. The number of benzene rings is 2. The van der Waals surface area contributed by atoms with Gasteiger partial charge >= 0.3 is 12.1 Å². The molecule has 1 aromatic heterocycles. The minimum absolute atomic E-state index is 0.0280. The van der Waals surface area contributed by atoms with E-state index in [1.54, 1.807) is 38.4 Å². The number of hydrogen-bond donors (Lipinski definition) is 3. The number of aliphatic carboxylic acids is 1. The topological polar surface area (TPSA) is 154 Å². The van der Waals surface area contributed by atoms with Gasteiger partial charge in [0.05, 0.1) is 21.5 Å². The Hall–Kier alpha value is -4.46. The first-order valence-corrected chi connectivity index (χ1v) is 15.7. The van der Waals surface area contributed by atoms with E-state index in [4.69, 9.17) is 4.74 Å². The smallest absolute Gasteiger partial charge is 0.414 e. The Morgan fingerprint density at radius 1 is 1.07 bits per heavy atom. The zero-order valence-corrected chi connectivity index (χ0v) is 25.9. The molecule has 1 amide bonds. The van der Waals surface area contributed by atoms with Crippen molar-refractivity contribution in [2.45, 2.75) is 48.8 Å². The predicted molar refractivity (Wildman–Crippen MR) is 165 cm³/mol. The molecule has 1 aliphatic carbocycles. The van der Waals surface area contributed by atoms with Crippen molar-refractivity contribution in [2.75, 3.05) is 49.3 Å². The van der Waals surface area contributed by atoms with Crippen LogP contribution in [0.1, 0.15) is 32.3 Å². The van der Waals surface area contributed by atoms with Gasteiger partial charge in [-0.05, 0) is 68.7 Å². The minimum atomic E-state index is -3.78. The third-order valence-corrected chi connectivity index (χ3v) is 10.1. The van der Waals surface area contributed by atoms with Gasteiger partial charge in [-0.1, -0.05) is 12.1 Å². The Morgan fingerprint density at radius 3 is 2.25 bits per heavy atom. The van der Waals surface area contributed by atoms with Crippen LogP contribution < -0.4 is 20.3 Å². The number of carbonyl (C=O) groups excluding carboxylic acids is 1. The summed E-state index contributed by atoms with van der Waals surface area (Å²) < 4.78 is 44.4. The Balaban J connectivity index is 1.57. The number of nitrogens with zero attached hydrogens (tertiary/aromatic N) is 4. The molecule has 1 saturated carbocycles. The highest BCUT2D eigenvalue weighted by Crippen LogP contribution is 2.47. The van der Waals surface area contributed by atoms with Crippen LogP contribution in [0.3, 0.4) is 0 Å². The second-order valence-corrected chi connectivity index (χ2v) is 13.1. The Bertz CT molecular complexity index is 1580. The number of ether oxygens (including phenoxy) is 1. The molecule has 3 N–H and O–H groups in total. The summed E-state index contributed by atoms with van der Waals surface area (Å²) in [5.74, 6) is -0.729. The van der Waals surface area contributed by atoms with Crippen molar-refractivity contribution in [3.05, 3.63) is 66.1 Å². The summed E-state index contributed by atoms with van der Waals surface area (Å²) in [5.41, 5.74) is 1.02. The highest BCUT2D eigenvalue weighted by molar-refractivity contribution is 7.93. The molecule has 1 unspecified atom stereocenters. The van der Waals surface area contributed by atoms with Crippen molar-refractivity contribution in [2.24, 2.45) is 0 Å². The molecule has 0 spiro atoms. The van der Waals surface area contributed by atoms with Gasteiger partial charge < -0.3 is 30.3 Å². The fourth-order valence-corrected chi connectivity index (χ4v) is 6.45. The summed E-state index contributed by atoms with van der Waals surface area (Å²) in [6, 6.07) is 10.2. The number of aromatic nitrogens is 2. The number of carbonyl (C=O) groups is 2. The summed E-state index contributed by atoms with van der Waals surface area (Å²) in [7, 11) is -0.644. The maximum Gasteiger partial charge on any atom is 0.414 e. The van der Waals surface area contributed by atoms with Gasteiger partial charge in [-0.3, -0.25) is 0 Å². The summed E-state index contributed by atoms with van der Waals surface area (Å²) >= 11 is 0. The lowest BCUT2D eigenvalue weighted by Gasteiger charge is -2.24. The zero-order valence-electron chi connectivity index (χ0n) is 25.1. The number of anilines is 3.